The molecule has 0 spiro atoms. The molecule has 0 saturated heterocycles. The van der Waals surface area contributed by atoms with Crippen LogP contribution < -0.4 is 5.73 Å². The highest BCUT2D eigenvalue weighted by Crippen LogP contribution is 2.18. The summed E-state index contributed by atoms with van der Waals surface area (Å²) in [5.74, 6) is 0. The zero-order valence-electron chi connectivity index (χ0n) is 8.64. The van der Waals surface area contributed by atoms with Gasteiger partial charge in [-0.15, -0.1) is 0 Å². The smallest absolute Gasteiger partial charge is 0.180 e. The SMILES string of the molecule is NCCc1[nH]ccc2cc3ncnc3nc12. The Morgan fingerprint density at radius 1 is 1.31 bits per heavy atom. The van der Waals surface area contributed by atoms with Gasteiger partial charge in [0.05, 0.1) is 5.52 Å². The zero-order valence-corrected chi connectivity index (χ0v) is 8.64. The normalized spacial score (nSPS) is 11.3. The summed E-state index contributed by atoms with van der Waals surface area (Å²) in [7, 11) is 0. The van der Waals surface area contributed by atoms with Crippen molar-refractivity contribution in [3.05, 3.63) is 30.4 Å². The number of pyridine rings is 2. The first-order valence-corrected chi connectivity index (χ1v) is 5.16. The number of rotatable bonds is 2. The lowest BCUT2D eigenvalue weighted by Gasteiger charge is -2.04. The topological polar surface area (TPSA) is 80.5 Å². The molecule has 3 aromatic rings. The fourth-order valence-electron chi connectivity index (χ4n) is 1.85. The quantitative estimate of drug-likeness (QED) is 0.665. The van der Waals surface area contributed by atoms with E-state index in [0.29, 0.717) is 12.2 Å². The second kappa shape index (κ2) is 3.53. The summed E-state index contributed by atoms with van der Waals surface area (Å²) < 4.78 is 0. The van der Waals surface area contributed by atoms with E-state index in [0.717, 1.165) is 28.5 Å². The molecule has 3 aromatic heterocycles. The number of aromatic nitrogens is 4. The Hall–Kier alpha value is -2.01. The number of imidazole rings is 1. The van der Waals surface area contributed by atoms with Crippen LogP contribution in [0.15, 0.2) is 24.7 Å². The maximum Gasteiger partial charge on any atom is 0.180 e. The van der Waals surface area contributed by atoms with Crippen molar-refractivity contribution >= 4 is 22.1 Å². The van der Waals surface area contributed by atoms with Gasteiger partial charge < -0.3 is 10.7 Å². The Labute approximate surface area is 91.7 Å². The lowest BCUT2D eigenvalue weighted by Crippen LogP contribution is -2.05. The van der Waals surface area contributed by atoms with Gasteiger partial charge in [-0.25, -0.2) is 15.0 Å². The van der Waals surface area contributed by atoms with Crippen LogP contribution in [-0.2, 0) is 6.42 Å². The molecule has 0 bridgehead atoms. The molecule has 0 amide bonds. The van der Waals surface area contributed by atoms with E-state index in [1.165, 1.54) is 6.33 Å². The Bertz CT molecular complexity index is 643. The highest BCUT2D eigenvalue weighted by atomic mass is 15.0. The van der Waals surface area contributed by atoms with Crippen LogP contribution in [0.5, 0.6) is 0 Å². The van der Waals surface area contributed by atoms with Crippen molar-refractivity contribution in [1.29, 1.82) is 0 Å². The molecule has 0 aliphatic carbocycles. The van der Waals surface area contributed by atoms with E-state index in [2.05, 4.69) is 19.9 Å². The lowest BCUT2D eigenvalue weighted by atomic mass is 10.1. The number of nitrogens with one attached hydrogen (secondary N) is 1. The lowest BCUT2D eigenvalue weighted by molar-refractivity contribution is 0.931. The Balaban J connectivity index is 2.35. The fraction of sp³-hybridized carbons (Fsp3) is 0.182. The van der Waals surface area contributed by atoms with Gasteiger partial charge in [0.25, 0.3) is 0 Å². The fourth-order valence-corrected chi connectivity index (χ4v) is 1.85. The van der Waals surface area contributed by atoms with Crippen LogP contribution in [0.3, 0.4) is 0 Å². The molecule has 0 unspecified atom stereocenters. The summed E-state index contributed by atoms with van der Waals surface area (Å²) in [6, 6.07) is 3.98. The molecule has 0 fully saturated rings. The molecule has 0 aromatic carbocycles. The third-order valence-electron chi connectivity index (χ3n) is 2.59. The Morgan fingerprint density at radius 3 is 3.12 bits per heavy atom. The molecule has 0 aliphatic heterocycles. The zero-order chi connectivity index (χ0) is 11.0. The summed E-state index contributed by atoms with van der Waals surface area (Å²) in [6.07, 6.45) is 4.21. The first-order valence-electron chi connectivity index (χ1n) is 5.16. The molecular formula is C11H11N5. The van der Waals surface area contributed by atoms with E-state index >= 15 is 0 Å². The van der Waals surface area contributed by atoms with Crippen LogP contribution in [0.1, 0.15) is 5.69 Å². The van der Waals surface area contributed by atoms with E-state index in [-0.39, 0.29) is 0 Å². The van der Waals surface area contributed by atoms with E-state index in [1.807, 2.05) is 18.3 Å². The first-order chi connectivity index (χ1) is 7.88. The van der Waals surface area contributed by atoms with Crippen molar-refractivity contribution in [3.8, 4) is 0 Å². The molecule has 5 nitrogen and oxygen atoms in total. The molecule has 16 heavy (non-hydrogen) atoms. The van der Waals surface area contributed by atoms with Crippen LogP contribution in [0.25, 0.3) is 22.1 Å². The van der Waals surface area contributed by atoms with Crippen LogP contribution in [-0.4, -0.2) is 26.5 Å². The van der Waals surface area contributed by atoms with E-state index < -0.39 is 0 Å². The molecule has 80 valence electrons. The number of nitrogens with two attached hydrogens (primary N) is 1. The average Bonchev–Trinajstić information content (AvgIpc) is 2.74. The summed E-state index contributed by atoms with van der Waals surface area (Å²) in [5, 5.41) is 1.07. The van der Waals surface area contributed by atoms with Crippen molar-refractivity contribution in [2.75, 3.05) is 6.54 Å². The maximum absolute atomic E-state index is 5.57. The van der Waals surface area contributed by atoms with Crippen LogP contribution in [0.2, 0.25) is 0 Å². The van der Waals surface area contributed by atoms with Gasteiger partial charge in [-0.3, -0.25) is 0 Å². The molecule has 0 radical (unpaired) electrons. The van der Waals surface area contributed by atoms with Gasteiger partial charge in [0.2, 0.25) is 0 Å². The van der Waals surface area contributed by atoms with E-state index in [1.54, 1.807) is 0 Å². The van der Waals surface area contributed by atoms with Gasteiger partial charge in [0.1, 0.15) is 11.8 Å². The Kier molecular flexibility index (Phi) is 2.04. The standard InChI is InChI=1S/C11H11N5/c12-3-1-8-10-7(2-4-13-8)5-9-11(16-10)15-6-14-9/h2,4-6,13H,1,3,12H2. The summed E-state index contributed by atoms with van der Waals surface area (Å²) in [4.78, 5) is 15.9. The van der Waals surface area contributed by atoms with Crippen LogP contribution in [0.4, 0.5) is 0 Å². The minimum absolute atomic E-state index is 0.599. The van der Waals surface area contributed by atoms with Gasteiger partial charge in [-0.05, 0) is 18.7 Å². The van der Waals surface area contributed by atoms with Crippen molar-refractivity contribution in [2.24, 2.45) is 5.73 Å². The average molecular weight is 213 g/mol. The molecule has 0 saturated carbocycles. The molecule has 0 atom stereocenters. The third-order valence-corrected chi connectivity index (χ3v) is 2.59. The van der Waals surface area contributed by atoms with Gasteiger partial charge in [-0.1, -0.05) is 0 Å². The highest BCUT2D eigenvalue weighted by Gasteiger charge is 2.06. The molecule has 3 N–H and O–H groups in total. The summed E-state index contributed by atoms with van der Waals surface area (Å²) in [6.45, 7) is 0.599. The largest absolute Gasteiger partial charge is 0.363 e. The van der Waals surface area contributed by atoms with Crippen molar-refractivity contribution < 1.29 is 0 Å². The Morgan fingerprint density at radius 2 is 2.25 bits per heavy atom. The molecule has 0 aliphatic rings. The highest BCUT2D eigenvalue weighted by molar-refractivity contribution is 5.90. The van der Waals surface area contributed by atoms with Crippen molar-refractivity contribution in [1.82, 2.24) is 19.9 Å². The number of H-pyrrole nitrogens is 1. The van der Waals surface area contributed by atoms with Gasteiger partial charge in [0.15, 0.2) is 5.65 Å². The minimum Gasteiger partial charge on any atom is -0.363 e. The molecular weight excluding hydrogens is 202 g/mol. The predicted octanol–water partition coefficient (Wildman–Crippen LogP) is 1.01. The summed E-state index contributed by atoms with van der Waals surface area (Å²) >= 11 is 0. The van der Waals surface area contributed by atoms with Gasteiger partial charge >= 0.3 is 0 Å². The third kappa shape index (κ3) is 1.33. The molecule has 3 heterocycles. The first kappa shape index (κ1) is 9.23. The number of aromatic amines is 1. The molecule has 5 heteroatoms. The van der Waals surface area contributed by atoms with E-state index in [4.69, 9.17) is 5.73 Å². The van der Waals surface area contributed by atoms with Crippen molar-refractivity contribution in [2.45, 2.75) is 6.42 Å². The maximum atomic E-state index is 5.57. The van der Waals surface area contributed by atoms with Crippen LogP contribution in [0, 0.1) is 0 Å². The summed E-state index contributed by atoms with van der Waals surface area (Å²) in [5.41, 5.74) is 9.06. The number of hydrogen-bond acceptors (Lipinski definition) is 4. The van der Waals surface area contributed by atoms with E-state index in [9.17, 15) is 0 Å². The van der Waals surface area contributed by atoms with Crippen LogP contribution >= 0.6 is 0 Å². The number of hydrogen-bond donors (Lipinski definition) is 2. The minimum atomic E-state index is 0.599. The van der Waals surface area contributed by atoms with Gasteiger partial charge in [-0.2, -0.15) is 0 Å². The van der Waals surface area contributed by atoms with Crippen molar-refractivity contribution in [3.63, 3.8) is 0 Å². The molecule has 3 rings (SSSR count). The number of nitrogens with zero attached hydrogens (tertiary/aromatic N) is 3. The predicted molar refractivity (Wildman–Crippen MR) is 61.9 cm³/mol. The monoisotopic (exact) mass is 213 g/mol. The number of fused-ring (bicyclic) bond motifs is 2. The second-order valence-corrected chi connectivity index (χ2v) is 3.64. The van der Waals surface area contributed by atoms with Gasteiger partial charge in [0, 0.05) is 23.7 Å². The second-order valence-electron chi connectivity index (χ2n) is 3.64.